The summed E-state index contributed by atoms with van der Waals surface area (Å²) in [7, 11) is 0. The second-order valence-corrected chi connectivity index (χ2v) is 5.89. The summed E-state index contributed by atoms with van der Waals surface area (Å²) >= 11 is 12.0. The summed E-state index contributed by atoms with van der Waals surface area (Å²) in [6.07, 6.45) is 0.749. The molecule has 0 saturated carbocycles. The second kappa shape index (κ2) is 5.65. The van der Waals surface area contributed by atoms with E-state index in [1.165, 1.54) is 5.56 Å². The molecule has 2 unspecified atom stereocenters. The summed E-state index contributed by atoms with van der Waals surface area (Å²) in [6, 6.07) is 13.7. The molecule has 0 aliphatic carbocycles. The Hall–Kier alpha value is -1.22. The minimum atomic E-state index is -0.00380. The van der Waals surface area contributed by atoms with E-state index >= 15 is 0 Å². The molecule has 2 aromatic rings. The summed E-state index contributed by atoms with van der Waals surface area (Å²) in [5.74, 6) is 1.17. The third-order valence-corrected chi connectivity index (χ3v) is 4.45. The fraction of sp³-hybridized carbons (Fsp3) is 0.250. The van der Waals surface area contributed by atoms with E-state index in [1.54, 1.807) is 0 Å². The number of hydrogen-bond donors (Lipinski definition) is 1. The fourth-order valence-electron chi connectivity index (χ4n) is 2.62. The first-order chi connectivity index (χ1) is 9.65. The Bertz CT molecular complexity index is 630. The minimum Gasteiger partial charge on any atom is -0.493 e. The molecule has 0 spiro atoms. The van der Waals surface area contributed by atoms with Gasteiger partial charge in [-0.25, -0.2) is 0 Å². The highest BCUT2D eigenvalue weighted by atomic mass is 35.5. The Balaban J connectivity index is 1.77. The molecular weight excluding hydrogens is 293 g/mol. The van der Waals surface area contributed by atoms with Gasteiger partial charge in [0.25, 0.3) is 0 Å². The van der Waals surface area contributed by atoms with Crippen LogP contribution < -0.4 is 10.5 Å². The number of nitrogens with two attached hydrogens (primary N) is 1. The smallest absolute Gasteiger partial charge is 0.122 e. The standard InChI is InChI=1S/C16H15Cl2NO/c17-13-6-5-10(7-14(13)18)8-15(19)12-9-20-16-4-2-1-3-11(12)16/h1-7,12,15H,8-9,19H2. The number of ether oxygens (including phenoxy) is 1. The van der Waals surface area contributed by atoms with Gasteiger partial charge in [0.15, 0.2) is 0 Å². The molecule has 1 aliphatic rings. The van der Waals surface area contributed by atoms with E-state index in [2.05, 4.69) is 6.07 Å². The molecule has 0 fully saturated rings. The average Bonchev–Trinajstić information content (AvgIpc) is 2.87. The minimum absolute atomic E-state index is 0.00380. The van der Waals surface area contributed by atoms with Crippen LogP contribution in [0.2, 0.25) is 10.0 Å². The molecule has 1 aliphatic heterocycles. The van der Waals surface area contributed by atoms with Crippen molar-refractivity contribution in [3.8, 4) is 5.75 Å². The molecular formula is C16H15Cl2NO. The molecule has 0 bridgehead atoms. The quantitative estimate of drug-likeness (QED) is 0.929. The van der Waals surface area contributed by atoms with Gasteiger partial charge in [-0.1, -0.05) is 47.5 Å². The predicted octanol–water partition coefficient (Wildman–Crippen LogP) is 4.04. The van der Waals surface area contributed by atoms with Gasteiger partial charge in [0.1, 0.15) is 5.75 Å². The van der Waals surface area contributed by atoms with Crippen molar-refractivity contribution in [2.45, 2.75) is 18.4 Å². The third-order valence-electron chi connectivity index (χ3n) is 3.71. The number of para-hydroxylation sites is 1. The van der Waals surface area contributed by atoms with E-state index in [0.29, 0.717) is 16.7 Å². The fourth-order valence-corrected chi connectivity index (χ4v) is 2.94. The van der Waals surface area contributed by atoms with E-state index in [9.17, 15) is 0 Å². The van der Waals surface area contributed by atoms with E-state index in [-0.39, 0.29) is 12.0 Å². The van der Waals surface area contributed by atoms with Crippen molar-refractivity contribution < 1.29 is 4.74 Å². The second-order valence-electron chi connectivity index (χ2n) is 5.07. The third kappa shape index (κ3) is 2.64. The first-order valence-electron chi connectivity index (χ1n) is 6.56. The Morgan fingerprint density at radius 1 is 1.15 bits per heavy atom. The number of halogens is 2. The van der Waals surface area contributed by atoms with Gasteiger partial charge in [-0.2, -0.15) is 0 Å². The molecule has 2 nitrogen and oxygen atoms in total. The van der Waals surface area contributed by atoms with Crippen molar-refractivity contribution in [2.24, 2.45) is 5.73 Å². The van der Waals surface area contributed by atoms with Crippen molar-refractivity contribution in [1.29, 1.82) is 0 Å². The van der Waals surface area contributed by atoms with Crippen LogP contribution in [0.4, 0.5) is 0 Å². The maximum absolute atomic E-state index is 6.36. The Morgan fingerprint density at radius 3 is 2.75 bits per heavy atom. The maximum atomic E-state index is 6.36. The topological polar surface area (TPSA) is 35.2 Å². The van der Waals surface area contributed by atoms with Crippen LogP contribution in [0.15, 0.2) is 42.5 Å². The van der Waals surface area contributed by atoms with Gasteiger partial charge >= 0.3 is 0 Å². The van der Waals surface area contributed by atoms with Crippen molar-refractivity contribution in [3.63, 3.8) is 0 Å². The summed E-state index contributed by atoms with van der Waals surface area (Å²) in [6.45, 7) is 0.641. The first-order valence-corrected chi connectivity index (χ1v) is 7.32. The monoisotopic (exact) mass is 307 g/mol. The highest BCUT2D eigenvalue weighted by molar-refractivity contribution is 6.42. The lowest BCUT2D eigenvalue weighted by molar-refractivity contribution is 0.313. The average molecular weight is 308 g/mol. The molecule has 20 heavy (non-hydrogen) atoms. The number of fused-ring (bicyclic) bond motifs is 1. The zero-order valence-electron chi connectivity index (χ0n) is 10.9. The lowest BCUT2D eigenvalue weighted by Crippen LogP contribution is -2.31. The molecule has 3 rings (SSSR count). The highest BCUT2D eigenvalue weighted by Gasteiger charge is 2.29. The van der Waals surface area contributed by atoms with Gasteiger partial charge in [0.05, 0.1) is 16.7 Å². The van der Waals surface area contributed by atoms with E-state index in [4.69, 9.17) is 33.7 Å². The normalized spacial score (nSPS) is 18.4. The van der Waals surface area contributed by atoms with Crippen molar-refractivity contribution in [1.82, 2.24) is 0 Å². The summed E-state index contributed by atoms with van der Waals surface area (Å²) in [5, 5.41) is 1.14. The van der Waals surface area contributed by atoms with Gasteiger partial charge in [0, 0.05) is 17.5 Å². The molecule has 0 amide bonds. The van der Waals surface area contributed by atoms with Crippen LogP contribution in [0.5, 0.6) is 5.75 Å². The van der Waals surface area contributed by atoms with Crippen LogP contribution in [0.1, 0.15) is 17.0 Å². The highest BCUT2D eigenvalue weighted by Crippen LogP contribution is 2.36. The Kier molecular flexibility index (Phi) is 3.88. The summed E-state index contributed by atoms with van der Waals surface area (Å²) in [4.78, 5) is 0. The molecule has 104 valence electrons. The molecule has 2 aromatic carbocycles. The molecule has 1 heterocycles. The number of rotatable bonds is 3. The molecule has 0 aromatic heterocycles. The summed E-state index contributed by atoms with van der Waals surface area (Å²) in [5.41, 5.74) is 8.65. The zero-order chi connectivity index (χ0) is 14.1. The SMILES string of the molecule is NC(Cc1ccc(Cl)c(Cl)c1)C1COc2ccccc21. The Labute approximate surface area is 128 Å². The van der Waals surface area contributed by atoms with Crippen molar-refractivity contribution >= 4 is 23.2 Å². The van der Waals surface area contributed by atoms with Gasteiger partial charge < -0.3 is 10.5 Å². The van der Waals surface area contributed by atoms with E-state index in [1.807, 2.05) is 36.4 Å². The zero-order valence-corrected chi connectivity index (χ0v) is 12.4. The van der Waals surface area contributed by atoms with E-state index < -0.39 is 0 Å². The lowest BCUT2D eigenvalue weighted by atomic mass is 9.90. The molecule has 0 saturated heterocycles. The van der Waals surface area contributed by atoms with Crippen LogP contribution in [0.3, 0.4) is 0 Å². The number of benzene rings is 2. The van der Waals surface area contributed by atoms with Crippen LogP contribution in [-0.2, 0) is 6.42 Å². The van der Waals surface area contributed by atoms with Crippen LogP contribution in [0.25, 0.3) is 0 Å². The molecule has 2 N–H and O–H groups in total. The van der Waals surface area contributed by atoms with Crippen LogP contribution in [0, 0.1) is 0 Å². The van der Waals surface area contributed by atoms with Gasteiger partial charge in [0.2, 0.25) is 0 Å². The van der Waals surface area contributed by atoms with E-state index in [0.717, 1.165) is 17.7 Å². The molecule has 2 atom stereocenters. The van der Waals surface area contributed by atoms with Crippen LogP contribution >= 0.6 is 23.2 Å². The van der Waals surface area contributed by atoms with Crippen LogP contribution in [-0.4, -0.2) is 12.6 Å². The summed E-state index contributed by atoms with van der Waals surface area (Å²) < 4.78 is 5.69. The maximum Gasteiger partial charge on any atom is 0.122 e. The molecule has 0 radical (unpaired) electrons. The Morgan fingerprint density at radius 2 is 1.95 bits per heavy atom. The van der Waals surface area contributed by atoms with Crippen molar-refractivity contribution in [2.75, 3.05) is 6.61 Å². The molecule has 4 heteroatoms. The van der Waals surface area contributed by atoms with Gasteiger partial charge in [-0.3, -0.25) is 0 Å². The van der Waals surface area contributed by atoms with Gasteiger partial charge in [-0.05, 0) is 30.2 Å². The number of hydrogen-bond acceptors (Lipinski definition) is 2. The van der Waals surface area contributed by atoms with Gasteiger partial charge in [-0.15, -0.1) is 0 Å². The largest absolute Gasteiger partial charge is 0.493 e. The lowest BCUT2D eigenvalue weighted by Gasteiger charge is -2.18. The van der Waals surface area contributed by atoms with Crippen molar-refractivity contribution in [3.05, 3.63) is 63.6 Å². The first kappa shape index (κ1) is 13.7. The predicted molar refractivity (Wildman–Crippen MR) is 82.8 cm³/mol.